The largest absolute Gasteiger partial charge is 0.481 e. The van der Waals surface area contributed by atoms with Gasteiger partial charge in [-0.1, -0.05) is 74.5 Å². The summed E-state index contributed by atoms with van der Waals surface area (Å²) < 4.78 is 5.62. The Morgan fingerprint density at radius 2 is 1.66 bits per heavy atom. The predicted molar refractivity (Wildman–Crippen MR) is 133 cm³/mol. The van der Waals surface area contributed by atoms with Crippen LogP contribution >= 0.6 is 0 Å². The van der Waals surface area contributed by atoms with Crippen LogP contribution < -0.4 is 10.6 Å². The quantitative estimate of drug-likeness (QED) is 0.488. The Kier molecular flexibility index (Phi) is 7.54. The zero-order valence-electron chi connectivity index (χ0n) is 20.1. The summed E-state index contributed by atoms with van der Waals surface area (Å²) in [6, 6.07) is 15.1. The molecule has 0 radical (unpaired) electrons. The first kappa shape index (κ1) is 24.5. The molecule has 184 valence electrons. The van der Waals surface area contributed by atoms with E-state index in [1.54, 1.807) is 6.08 Å². The lowest BCUT2D eigenvalue weighted by molar-refractivity contribution is -0.142. The second-order valence-electron chi connectivity index (χ2n) is 9.70. The molecule has 7 heteroatoms. The van der Waals surface area contributed by atoms with Crippen LogP contribution in [0.1, 0.15) is 50.2 Å². The third kappa shape index (κ3) is 5.73. The highest BCUT2D eigenvalue weighted by Crippen LogP contribution is 2.44. The molecule has 0 aromatic heterocycles. The van der Waals surface area contributed by atoms with Gasteiger partial charge in [-0.05, 0) is 47.4 Å². The van der Waals surface area contributed by atoms with E-state index >= 15 is 0 Å². The van der Waals surface area contributed by atoms with Crippen molar-refractivity contribution < 1.29 is 24.2 Å². The number of hydrogen-bond acceptors (Lipinski definition) is 4. The first-order valence-electron chi connectivity index (χ1n) is 12.1. The summed E-state index contributed by atoms with van der Waals surface area (Å²) >= 11 is 0. The second-order valence-corrected chi connectivity index (χ2v) is 9.70. The Hall–Kier alpha value is -3.61. The number of carbonyl (C=O) groups excluding carboxylic acids is 2. The fourth-order valence-corrected chi connectivity index (χ4v) is 4.97. The molecule has 0 heterocycles. The van der Waals surface area contributed by atoms with Gasteiger partial charge in [0, 0.05) is 12.0 Å². The lowest BCUT2D eigenvalue weighted by Gasteiger charge is -2.26. The molecule has 0 saturated heterocycles. The zero-order valence-corrected chi connectivity index (χ0v) is 20.1. The van der Waals surface area contributed by atoms with Crippen molar-refractivity contribution in [1.29, 1.82) is 0 Å². The highest BCUT2D eigenvalue weighted by Gasteiger charge is 2.31. The van der Waals surface area contributed by atoms with E-state index in [1.807, 2.05) is 44.2 Å². The van der Waals surface area contributed by atoms with Crippen LogP contribution in [-0.4, -0.2) is 41.8 Å². The number of fused-ring (bicyclic) bond motifs is 3. The number of benzene rings is 2. The number of carbonyl (C=O) groups is 3. The first-order chi connectivity index (χ1) is 16.8. The van der Waals surface area contributed by atoms with E-state index in [0.29, 0.717) is 19.3 Å². The minimum absolute atomic E-state index is 0.0640. The Bertz CT molecular complexity index is 1080. The van der Waals surface area contributed by atoms with Gasteiger partial charge in [-0.3, -0.25) is 9.59 Å². The van der Waals surface area contributed by atoms with Crippen LogP contribution in [0.4, 0.5) is 4.79 Å². The van der Waals surface area contributed by atoms with Crippen LogP contribution in [0.25, 0.3) is 11.1 Å². The molecule has 2 aliphatic rings. The topological polar surface area (TPSA) is 105 Å². The van der Waals surface area contributed by atoms with Gasteiger partial charge in [0.05, 0.1) is 5.92 Å². The van der Waals surface area contributed by atoms with Gasteiger partial charge >= 0.3 is 12.1 Å². The molecule has 2 aliphatic carbocycles. The van der Waals surface area contributed by atoms with Crippen molar-refractivity contribution in [3.8, 4) is 11.1 Å². The standard InChI is InChI=1S/C28H32N2O5/c1-17(2)14-25(26(31)29-19-9-7-8-18(15-19)27(32)33)30-28(34)35-16-24-22-12-5-3-10-20(22)21-11-4-6-13-23(21)24/h3-7,9-13,17-19,24-25H,8,14-16H2,1-2H3,(H,29,31)(H,30,34)(H,32,33)/t18-,19-,25-/m1/s1. The molecule has 0 bridgehead atoms. The highest BCUT2D eigenvalue weighted by atomic mass is 16.5. The molecule has 0 aliphatic heterocycles. The number of carboxylic acid groups (broad SMARTS) is 1. The van der Waals surface area contributed by atoms with Gasteiger partial charge in [-0.15, -0.1) is 0 Å². The number of hydrogen-bond donors (Lipinski definition) is 3. The van der Waals surface area contributed by atoms with Crippen molar-refractivity contribution in [2.24, 2.45) is 11.8 Å². The lowest BCUT2D eigenvalue weighted by atomic mass is 9.91. The number of alkyl carbamates (subject to hydrolysis) is 1. The number of aliphatic carboxylic acids is 1. The van der Waals surface area contributed by atoms with Gasteiger partial charge < -0.3 is 20.5 Å². The monoisotopic (exact) mass is 476 g/mol. The number of allylic oxidation sites excluding steroid dienone is 1. The minimum Gasteiger partial charge on any atom is -0.481 e. The van der Waals surface area contributed by atoms with Crippen LogP contribution in [0.3, 0.4) is 0 Å². The van der Waals surface area contributed by atoms with Crippen LogP contribution in [0.5, 0.6) is 0 Å². The Morgan fingerprint density at radius 1 is 1.03 bits per heavy atom. The molecular weight excluding hydrogens is 444 g/mol. The maximum atomic E-state index is 13.0. The van der Waals surface area contributed by atoms with Crippen LogP contribution in [0.2, 0.25) is 0 Å². The van der Waals surface area contributed by atoms with Gasteiger partial charge in [-0.25, -0.2) is 4.79 Å². The number of carboxylic acids is 1. The number of rotatable bonds is 8. The molecule has 0 saturated carbocycles. The summed E-state index contributed by atoms with van der Waals surface area (Å²) in [7, 11) is 0. The van der Waals surface area contributed by atoms with Crippen LogP contribution in [-0.2, 0) is 14.3 Å². The summed E-state index contributed by atoms with van der Waals surface area (Å²) in [5.41, 5.74) is 4.54. The Morgan fingerprint density at radius 3 is 2.26 bits per heavy atom. The molecule has 35 heavy (non-hydrogen) atoms. The smallest absolute Gasteiger partial charge is 0.407 e. The number of nitrogens with one attached hydrogen (secondary N) is 2. The maximum absolute atomic E-state index is 13.0. The van der Waals surface area contributed by atoms with Crippen LogP contribution in [0.15, 0.2) is 60.7 Å². The van der Waals surface area contributed by atoms with Crippen molar-refractivity contribution >= 4 is 18.0 Å². The molecular formula is C28H32N2O5. The SMILES string of the molecule is CC(C)C[C@@H](NC(=O)OCC1c2ccccc2-c2ccccc21)C(=O)N[C@@H]1C=CC[C@@H](C(=O)O)C1. The second kappa shape index (κ2) is 10.8. The summed E-state index contributed by atoms with van der Waals surface area (Å²) in [5, 5.41) is 14.9. The van der Waals surface area contributed by atoms with Crippen molar-refractivity contribution in [1.82, 2.24) is 10.6 Å². The van der Waals surface area contributed by atoms with E-state index in [4.69, 9.17) is 4.74 Å². The number of ether oxygens (including phenoxy) is 1. The fourth-order valence-electron chi connectivity index (χ4n) is 4.97. The average Bonchev–Trinajstić information content (AvgIpc) is 3.16. The highest BCUT2D eigenvalue weighted by molar-refractivity contribution is 5.86. The summed E-state index contributed by atoms with van der Waals surface area (Å²) in [5.74, 6) is -1.64. The third-order valence-corrected chi connectivity index (χ3v) is 6.66. The summed E-state index contributed by atoms with van der Waals surface area (Å²) in [4.78, 5) is 37.1. The first-order valence-corrected chi connectivity index (χ1v) is 12.1. The van der Waals surface area contributed by atoms with Gasteiger partial charge in [0.15, 0.2) is 0 Å². The molecule has 2 aromatic rings. The Labute approximate surface area is 205 Å². The normalized spacial score (nSPS) is 19.5. The summed E-state index contributed by atoms with van der Waals surface area (Å²) in [6.07, 6.45) is 4.18. The zero-order chi connectivity index (χ0) is 24.9. The predicted octanol–water partition coefficient (Wildman–Crippen LogP) is 4.48. The molecule has 7 nitrogen and oxygen atoms in total. The van der Waals surface area contributed by atoms with Crippen LogP contribution in [0, 0.1) is 11.8 Å². The molecule has 3 N–H and O–H groups in total. The van der Waals surface area contributed by atoms with E-state index in [2.05, 4.69) is 34.9 Å². The molecule has 2 aromatic carbocycles. The van der Waals surface area contributed by atoms with Gasteiger partial charge in [0.1, 0.15) is 12.6 Å². The lowest BCUT2D eigenvalue weighted by Crippen LogP contribution is -2.50. The van der Waals surface area contributed by atoms with Crippen molar-refractivity contribution in [2.45, 2.75) is 51.1 Å². The van der Waals surface area contributed by atoms with Gasteiger partial charge in [-0.2, -0.15) is 0 Å². The van der Waals surface area contributed by atoms with E-state index in [1.165, 1.54) is 0 Å². The molecule has 0 spiro atoms. The molecule has 2 amide bonds. The molecule has 4 rings (SSSR count). The van der Waals surface area contributed by atoms with E-state index in [9.17, 15) is 19.5 Å². The third-order valence-electron chi connectivity index (χ3n) is 6.66. The van der Waals surface area contributed by atoms with E-state index in [0.717, 1.165) is 22.3 Å². The average molecular weight is 477 g/mol. The number of amides is 2. The molecule has 0 unspecified atom stereocenters. The maximum Gasteiger partial charge on any atom is 0.407 e. The van der Waals surface area contributed by atoms with Crippen molar-refractivity contribution in [3.63, 3.8) is 0 Å². The van der Waals surface area contributed by atoms with Crippen molar-refractivity contribution in [3.05, 3.63) is 71.8 Å². The van der Waals surface area contributed by atoms with E-state index < -0.39 is 24.0 Å². The molecule has 3 atom stereocenters. The van der Waals surface area contributed by atoms with Gasteiger partial charge in [0.2, 0.25) is 5.91 Å². The minimum atomic E-state index is -0.871. The van der Waals surface area contributed by atoms with E-state index in [-0.39, 0.29) is 30.4 Å². The van der Waals surface area contributed by atoms with Gasteiger partial charge in [0.25, 0.3) is 0 Å². The fraction of sp³-hybridized carbons (Fsp3) is 0.393. The summed E-state index contributed by atoms with van der Waals surface area (Å²) in [6.45, 7) is 4.11. The Balaban J connectivity index is 1.38. The van der Waals surface area contributed by atoms with Crippen molar-refractivity contribution in [2.75, 3.05) is 6.61 Å². The molecule has 0 fully saturated rings.